The Balaban J connectivity index is 1.71. The highest BCUT2D eigenvalue weighted by Gasteiger charge is 2.32. The average Bonchev–Trinajstić information content (AvgIpc) is 2.68. The molecule has 0 radical (unpaired) electrons. The number of rotatable bonds is 7. The number of fused-ring (bicyclic) bond motifs is 1. The maximum Gasteiger partial charge on any atom is 0.237 e. The molecule has 1 fully saturated rings. The minimum atomic E-state index is -0.710. The van der Waals surface area contributed by atoms with Gasteiger partial charge in [-0.3, -0.25) is 14.5 Å². The Labute approximate surface area is 158 Å². The van der Waals surface area contributed by atoms with E-state index in [1.165, 1.54) is 0 Å². The summed E-state index contributed by atoms with van der Waals surface area (Å²) in [5.74, 6) is -0.546. The van der Waals surface area contributed by atoms with Crippen molar-refractivity contribution in [1.29, 1.82) is 0 Å². The summed E-state index contributed by atoms with van der Waals surface area (Å²) in [7, 11) is 0. The summed E-state index contributed by atoms with van der Waals surface area (Å²) in [6, 6.07) is 13.0. The Bertz CT molecular complexity index is 807. The van der Waals surface area contributed by atoms with Gasteiger partial charge in [0.2, 0.25) is 11.8 Å². The molecule has 0 bridgehead atoms. The van der Waals surface area contributed by atoms with Gasteiger partial charge in [0.15, 0.2) is 0 Å². The van der Waals surface area contributed by atoms with Crippen LogP contribution in [0.2, 0.25) is 0 Å². The number of aliphatic hydroxyl groups is 2. The average molecular weight is 371 g/mol. The zero-order valence-electron chi connectivity index (χ0n) is 15.1. The SMILES string of the molecule is O=C(C[C@H]1C(=O)NCCN1Cc1ccc2ccccc2c1)NC(CO)CO. The molecule has 4 N–H and O–H groups in total. The van der Waals surface area contributed by atoms with E-state index < -0.39 is 12.1 Å². The second-order valence-electron chi connectivity index (χ2n) is 6.79. The van der Waals surface area contributed by atoms with Crippen molar-refractivity contribution >= 4 is 22.6 Å². The fourth-order valence-electron chi connectivity index (χ4n) is 3.36. The fourth-order valence-corrected chi connectivity index (χ4v) is 3.36. The first-order chi connectivity index (χ1) is 13.1. The Kier molecular flexibility index (Phi) is 6.39. The lowest BCUT2D eigenvalue weighted by Crippen LogP contribution is -2.56. The molecule has 1 aliphatic rings. The quantitative estimate of drug-likeness (QED) is 0.549. The predicted molar refractivity (Wildman–Crippen MR) is 102 cm³/mol. The van der Waals surface area contributed by atoms with Crippen LogP contribution in [0.25, 0.3) is 10.8 Å². The molecular formula is C20H25N3O4. The van der Waals surface area contributed by atoms with E-state index in [1.807, 2.05) is 23.1 Å². The van der Waals surface area contributed by atoms with Gasteiger partial charge in [-0.05, 0) is 22.4 Å². The lowest BCUT2D eigenvalue weighted by molar-refractivity contribution is -0.134. The molecule has 2 aromatic carbocycles. The van der Waals surface area contributed by atoms with E-state index in [0.29, 0.717) is 19.6 Å². The first-order valence-corrected chi connectivity index (χ1v) is 9.11. The molecular weight excluding hydrogens is 346 g/mol. The molecule has 2 aromatic rings. The summed E-state index contributed by atoms with van der Waals surface area (Å²) in [5, 5.41) is 25.9. The van der Waals surface area contributed by atoms with E-state index in [2.05, 4.69) is 34.9 Å². The third-order valence-electron chi connectivity index (χ3n) is 4.83. The molecule has 0 saturated carbocycles. The number of benzene rings is 2. The van der Waals surface area contributed by atoms with E-state index in [0.717, 1.165) is 16.3 Å². The van der Waals surface area contributed by atoms with Gasteiger partial charge in [-0.15, -0.1) is 0 Å². The van der Waals surface area contributed by atoms with E-state index in [4.69, 9.17) is 10.2 Å². The van der Waals surface area contributed by atoms with Crippen LogP contribution in [-0.4, -0.2) is 65.3 Å². The largest absolute Gasteiger partial charge is 0.394 e. The number of hydrogen-bond acceptors (Lipinski definition) is 5. The third kappa shape index (κ3) is 4.82. The summed E-state index contributed by atoms with van der Waals surface area (Å²) in [5.41, 5.74) is 1.08. The normalized spacial score (nSPS) is 17.9. The van der Waals surface area contributed by atoms with E-state index in [1.54, 1.807) is 0 Å². The summed E-state index contributed by atoms with van der Waals surface area (Å²) >= 11 is 0. The standard InChI is InChI=1S/C20H25N3O4/c24-12-17(13-25)22-19(26)10-18-20(27)21-7-8-23(18)11-14-5-6-15-3-1-2-4-16(15)9-14/h1-6,9,17-18,24-25H,7-8,10-13H2,(H,21,27)(H,22,26)/t18-/m0/s1. The van der Waals surface area contributed by atoms with Crippen LogP contribution in [0.3, 0.4) is 0 Å². The minimum absolute atomic E-state index is 0.0179. The van der Waals surface area contributed by atoms with Crippen molar-refractivity contribution in [2.24, 2.45) is 0 Å². The van der Waals surface area contributed by atoms with E-state index >= 15 is 0 Å². The molecule has 7 heteroatoms. The van der Waals surface area contributed by atoms with Gasteiger partial charge < -0.3 is 20.8 Å². The van der Waals surface area contributed by atoms with Gasteiger partial charge in [0.25, 0.3) is 0 Å². The van der Waals surface area contributed by atoms with Crippen LogP contribution < -0.4 is 10.6 Å². The van der Waals surface area contributed by atoms with Gasteiger partial charge in [-0.1, -0.05) is 36.4 Å². The monoisotopic (exact) mass is 371 g/mol. The number of carbonyl (C=O) groups is 2. The first-order valence-electron chi connectivity index (χ1n) is 9.11. The summed E-state index contributed by atoms with van der Waals surface area (Å²) < 4.78 is 0. The number of piperazine rings is 1. The topological polar surface area (TPSA) is 102 Å². The van der Waals surface area contributed by atoms with E-state index in [9.17, 15) is 9.59 Å². The molecule has 2 amide bonds. The molecule has 144 valence electrons. The highest BCUT2D eigenvalue weighted by atomic mass is 16.3. The maximum absolute atomic E-state index is 12.3. The van der Waals surface area contributed by atoms with Gasteiger partial charge in [0.05, 0.1) is 31.7 Å². The number of aliphatic hydroxyl groups excluding tert-OH is 2. The van der Waals surface area contributed by atoms with Crippen molar-refractivity contribution in [3.63, 3.8) is 0 Å². The van der Waals surface area contributed by atoms with Crippen LogP contribution in [-0.2, 0) is 16.1 Å². The molecule has 0 unspecified atom stereocenters. The third-order valence-corrected chi connectivity index (χ3v) is 4.83. The molecule has 1 heterocycles. The highest BCUT2D eigenvalue weighted by Crippen LogP contribution is 2.19. The smallest absolute Gasteiger partial charge is 0.237 e. The zero-order valence-corrected chi connectivity index (χ0v) is 15.1. The second-order valence-corrected chi connectivity index (χ2v) is 6.79. The van der Waals surface area contributed by atoms with Crippen LogP contribution >= 0.6 is 0 Å². The Morgan fingerprint density at radius 1 is 1.19 bits per heavy atom. The van der Waals surface area contributed by atoms with Crippen LogP contribution in [0.15, 0.2) is 42.5 Å². The number of nitrogens with zero attached hydrogens (tertiary/aromatic N) is 1. The van der Waals surface area contributed by atoms with Crippen molar-refractivity contribution in [3.8, 4) is 0 Å². The number of amides is 2. The molecule has 1 aliphatic heterocycles. The summed E-state index contributed by atoms with van der Waals surface area (Å²) in [6.07, 6.45) is -0.0179. The first kappa shape index (κ1) is 19.3. The van der Waals surface area contributed by atoms with E-state index in [-0.39, 0.29) is 31.4 Å². The molecule has 0 spiro atoms. The van der Waals surface area contributed by atoms with Crippen molar-refractivity contribution < 1.29 is 19.8 Å². The van der Waals surface area contributed by atoms with Gasteiger partial charge in [-0.2, -0.15) is 0 Å². The van der Waals surface area contributed by atoms with Crippen LogP contribution in [0.1, 0.15) is 12.0 Å². The van der Waals surface area contributed by atoms with Gasteiger partial charge in [0.1, 0.15) is 0 Å². The molecule has 0 aliphatic carbocycles. The van der Waals surface area contributed by atoms with Crippen molar-refractivity contribution in [1.82, 2.24) is 15.5 Å². The van der Waals surface area contributed by atoms with Gasteiger partial charge in [-0.25, -0.2) is 0 Å². The van der Waals surface area contributed by atoms with Crippen LogP contribution in [0, 0.1) is 0 Å². The van der Waals surface area contributed by atoms with Crippen molar-refractivity contribution in [3.05, 3.63) is 48.0 Å². The molecule has 1 saturated heterocycles. The molecule has 7 nitrogen and oxygen atoms in total. The fraction of sp³-hybridized carbons (Fsp3) is 0.400. The lowest BCUT2D eigenvalue weighted by atomic mass is 10.0. The lowest BCUT2D eigenvalue weighted by Gasteiger charge is -2.35. The Morgan fingerprint density at radius 3 is 2.67 bits per heavy atom. The predicted octanol–water partition coefficient (Wildman–Crippen LogP) is -0.000300. The Hall–Kier alpha value is -2.48. The van der Waals surface area contributed by atoms with Crippen molar-refractivity contribution in [2.75, 3.05) is 26.3 Å². The Morgan fingerprint density at radius 2 is 1.93 bits per heavy atom. The zero-order chi connectivity index (χ0) is 19.2. The maximum atomic E-state index is 12.3. The second kappa shape index (κ2) is 8.94. The summed E-state index contributed by atoms with van der Waals surface area (Å²) in [4.78, 5) is 26.5. The van der Waals surface area contributed by atoms with Gasteiger partial charge in [0, 0.05) is 19.6 Å². The van der Waals surface area contributed by atoms with Crippen molar-refractivity contribution in [2.45, 2.75) is 25.0 Å². The highest BCUT2D eigenvalue weighted by molar-refractivity contribution is 5.89. The molecule has 3 rings (SSSR count). The molecule has 0 aromatic heterocycles. The van der Waals surface area contributed by atoms with Crippen LogP contribution in [0.4, 0.5) is 0 Å². The van der Waals surface area contributed by atoms with Gasteiger partial charge >= 0.3 is 0 Å². The number of carbonyl (C=O) groups excluding carboxylic acids is 2. The minimum Gasteiger partial charge on any atom is -0.394 e. The molecule has 1 atom stereocenters. The number of hydrogen-bond donors (Lipinski definition) is 4. The van der Waals surface area contributed by atoms with Crippen LogP contribution in [0.5, 0.6) is 0 Å². The number of nitrogens with one attached hydrogen (secondary N) is 2. The molecule has 27 heavy (non-hydrogen) atoms. The summed E-state index contributed by atoms with van der Waals surface area (Å²) in [6.45, 7) is 1.07.